The monoisotopic (exact) mass is 297 g/mol. The molecule has 1 heterocycles. The van der Waals surface area contributed by atoms with E-state index in [1.165, 1.54) is 11.3 Å². The number of nitrogens with zero attached hydrogens (tertiary/aromatic N) is 1. The van der Waals surface area contributed by atoms with Gasteiger partial charge in [-0.25, -0.2) is 4.98 Å². The van der Waals surface area contributed by atoms with E-state index < -0.39 is 12.0 Å². The molecule has 5 nitrogen and oxygen atoms in total. The molecule has 4 N–H and O–H groups in total. The molecule has 100 valence electrons. The Morgan fingerprint density at radius 3 is 2.79 bits per heavy atom. The van der Waals surface area contributed by atoms with Gasteiger partial charge in [-0.15, -0.1) is 11.3 Å². The van der Waals surface area contributed by atoms with Gasteiger partial charge in [0.05, 0.1) is 5.69 Å². The minimum Gasteiger partial charge on any atom is -0.480 e. The second-order valence-electron chi connectivity index (χ2n) is 3.87. The first-order valence-corrected chi connectivity index (χ1v) is 6.74. The predicted octanol–water partition coefficient (Wildman–Crippen LogP) is 2.49. The van der Waals surface area contributed by atoms with Gasteiger partial charge in [-0.3, -0.25) is 4.79 Å². The molecule has 0 bridgehead atoms. The average Bonchev–Trinajstić information content (AvgIpc) is 2.86. The van der Waals surface area contributed by atoms with Gasteiger partial charge in [0.2, 0.25) is 0 Å². The lowest BCUT2D eigenvalue weighted by Crippen LogP contribution is -2.20. The molecule has 19 heavy (non-hydrogen) atoms. The van der Waals surface area contributed by atoms with E-state index in [0.717, 1.165) is 5.56 Å². The normalized spacial score (nSPS) is 12.1. The van der Waals surface area contributed by atoms with Crippen LogP contribution in [0.1, 0.15) is 17.3 Å². The van der Waals surface area contributed by atoms with E-state index in [1.54, 1.807) is 5.38 Å². The third-order valence-electron chi connectivity index (χ3n) is 2.46. The number of thiazole rings is 1. The zero-order chi connectivity index (χ0) is 13.8. The minimum absolute atomic E-state index is 0.358. The van der Waals surface area contributed by atoms with Crippen LogP contribution >= 0.6 is 22.9 Å². The van der Waals surface area contributed by atoms with E-state index in [9.17, 15) is 4.79 Å². The molecule has 7 heteroatoms. The van der Waals surface area contributed by atoms with Crippen molar-refractivity contribution in [2.75, 3.05) is 5.32 Å². The predicted molar refractivity (Wildman–Crippen MR) is 75.5 cm³/mol. The molecule has 0 amide bonds. The fraction of sp³-hybridized carbons (Fsp3) is 0.167. The first-order chi connectivity index (χ1) is 9.06. The van der Waals surface area contributed by atoms with Gasteiger partial charge in [-0.2, -0.15) is 0 Å². The minimum atomic E-state index is -1.09. The van der Waals surface area contributed by atoms with Gasteiger partial charge in [-0.05, 0) is 17.7 Å². The molecule has 0 spiro atoms. The number of hydrogen-bond acceptors (Lipinski definition) is 5. The van der Waals surface area contributed by atoms with Gasteiger partial charge >= 0.3 is 5.97 Å². The van der Waals surface area contributed by atoms with E-state index in [2.05, 4.69) is 10.3 Å². The third kappa shape index (κ3) is 3.66. The van der Waals surface area contributed by atoms with E-state index in [0.29, 0.717) is 22.4 Å². The lowest BCUT2D eigenvalue weighted by atomic mass is 10.2. The average molecular weight is 298 g/mol. The molecule has 0 aliphatic heterocycles. The number of carboxylic acid groups (broad SMARTS) is 1. The van der Waals surface area contributed by atoms with Crippen molar-refractivity contribution in [1.29, 1.82) is 0 Å². The number of halogens is 1. The number of carbonyl (C=O) groups is 1. The molecule has 1 unspecified atom stereocenters. The molecule has 0 saturated carbocycles. The number of anilines is 1. The molecular formula is C12H12ClN3O2S. The zero-order valence-electron chi connectivity index (χ0n) is 9.84. The Labute approximate surface area is 119 Å². The van der Waals surface area contributed by atoms with Crippen LogP contribution in [-0.2, 0) is 11.3 Å². The number of hydrogen-bond donors (Lipinski definition) is 3. The van der Waals surface area contributed by atoms with Gasteiger partial charge < -0.3 is 16.2 Å². The Morgan fingerprint density at radius 2 is 2.16 bits per heavy atom. The summed E-state index contributed by atoms with van der Waals surface area (Å²) in [6.45, 7) is 0.590. The molecule has 0 aliphatic rings. The number of aromatic nitrogens is 1. The Hall–Kier alpha value is -1.63. The van der Waals surface area contributed by atoms with Crippen molar-refractivity contribution in [3.05, 3.63) is 45.9 Å². The Bertz CT molecular complexity index is 571. The maximum absolute atomic E-state index is 10.7. The fourth-order valence-corrected chi connectivity index (χ4v) is 2.29. The van der Waals surface area contributed by atoms with E-state index in [1.807, 2.05) is 24.3 Å². The number of carboxylic acids is 1. The van der Waals surface area contributed by atoms with Gasteiger partial charge in [0.25, 0.3) is 0 Å². The highest BCUT2D eigenvalue weighted by atomic mass is 35.5. The first kappa shape index (κ1) is 13.8. The number of nitrogens with two attached hydrogens (primary N) is 1. The molecule has 0 radical (unpaired) electrons. The van der Waals surface area contributed by atoms with E-state index in [4.69, 9.17) is 22.4 Å². The van der Waals surface area contributed by atoms with Crippen LogP contribution in [0.5, 0.6) is 0 Å². The highest BCUT2D eigenvalue weighted by Gasteiger charge is 2.17. The lowest BCUT2D eigenvalue weighted by Gasteiger charge is -2.03. The number of aliphatic carboxylic acids is 1. The second-order valence-corrected chi connectivity index (χ2v) is 5.17. The number of rotatable bonds is 5. The van der Waals surface area contributed by atoms with Crippen molar-refractivity contribution in [2.45, 2.75) is 12.6 Å². The van der Waals surface area contributed by atoms with Crippen molar-refractivity contribution < 1.29 is 9.90 Å². The van der Waals surface area contributed by atoms with Crippen LogP contribution in [0.4, 0.5) is 5.13 Å². The fourth-order valence-electron chi connectivity index (χ4n) is 1.42. The summed E-state index contributed by atoms with van der Waals surface area (Å²) in [5.41, 5.74) is 6.89. The highest BCUT2D eigenvalue weighted by molar-refractivity contribution is 7.13. The quantitative estimate of drug-likeness (QED) is 0.789. The Kier molecular flexibility index (Phi) is 4.36. The van der Waals surface area contributed by atoms with Gasteiger partial charge in [0.15, 0.2) is 5.13 Å². The second kappa shape index (κ2) is 6.01. The van der Waals surface area contributed by atoms with Crippen molar-refractivity contribution in [3.63, 3.8) is 0 Å². The third-order valence-corrected chi connectivity index (χ3v) is 3.53. The van der Waals surface area contributed by atoms with Crippen LogP contribution < -0.4 is 11.1 Å². The summed E-state index contributed by atoms with van der Waals surface area (Å²) in [6.07, 6.45) is 0. The number of benzene rings is 1. The molecule has 1 aromatic carbocycles. The van der Waals surface area contributed by atoms with Crippen molar-refractivity contribution >= 4 is 34.0 Å². The standard InChI is InChI=1S/C12H12ClN3O2S/c13-8-3-1-7(2-4-8)5-15-12-16-9(6-19-12)10(14)11(17)18/h1-4,6,10H,5,14H2,(H,15,16)(H,17,18). The maximum atomic E-state index is 10.7. The summed E-state index contributed by atoms with van der Waals surface area (Å²) < 4.78 is 0. The van der Waals surface area contributed by atoms with Crippen LogP contribution in [0.25, 0.3) is 0 Å². The zero-order valence-corrected chi connectivity index (χ0v) is 11.4. The van der Waals surface area contributed by atoms with Crippen molar-refractivity contribution in [2.24, 2.45) is 5.73 Å². The van der Waals surface area contributed by atoms with Crippen LogP contribution in [-0.4, -0.2) is 16.1 Å². The molecule has 2 rings (SSSR count). The summed E-state index contributed by atoms with van der Waals surface area (Å²) in [7, 11) is 0. The van der Waals surface area contributed by atoms with Gasteiger partial charge in [0, 0.05) is 16.9 Å². The smallest absolute Gasteiger partial charge is 0.326 e. The SMILES string of the molecule is NC(C(=O)O)c1csc(NCc2ccc(Cl)cc2)n1. The Balaban J connectivity index is 1.97. The van der Waals surface area contributed by atoms with E-state index in [-0.39, 0.29) is 0 Å². The summed E-state index contributed by atoms with van der Waals surface area (Å²) in [5.74, 6) is -1.09. The van der Waals surface area contributed by atoms with E-state index >= 15 is 0 Å². The molecule has 0 saturated heterocycles. The molecule has 1 aromatic heterocycles. The maximum Gasteiger partial charge on any atom is 0.326 e. The summed E-state index contributed by atoms with van der Waals surface area (Å²) in [5, 5.41) is 14.9. The first-order valence-electron chi connectivity index (χ1n) is 5.48. The lowest BCUT2D eigenvalue weighted by molar-refractivity contribution is -0.138. The highest BCUT2D eigenvalue weighted by Crippen LogP contribution is 2.20. The molecule has 0 aliphatic carbocycles. The molecule has 1 atom stereocenters. The van der Waals surface area contributed by atoms with Gasteiger partial charge in [0.1, 0.15) is 6.04 Å². The molecular weight excluding hydrogens is 286 g/mol. The largest absolute Gasteiger partial charge is 0.480 e. The van der Waals surface area contributed by atoms with Crippen molar-refractivity contribution in [1.82, 2.24) is 4.98 Å². The number of nitrogens with one attached hydrogen (secondary N) is 1. The summed E-state index contributed by atoms with van der Waals surface area (Å²) in [4.78, 5) is 14.9. The van der Waals surface area contributed by atoms with Crippen LogP contribution in [0, 0.1) is 0 Å². The van der Waals surface area contributed by atoms with Crippen LogP contribution in [0.2, 0.25) is 5.02 Å². The topological polar surface area (TPSA) is 88.2 Å². The van der Waals surface area contributed by atoms with Crippen LogP contribution in [0.15, 0.2) is 29.6 Å². The van der Waals surface area contributed by atoms with Crippen molar-refractivity contribution in [3.8, 4) is 0 Å². The summed E-state index contributed by atoms with van der Waals surface area (Å²) >= 11 is 7.12. The summed E-state index contributed by atoms with van der Waals surface area (Å²) in [6, 6.07) is 6.36. The van der Waals surface area contributed by atoms with Crippen LogP contribution in [0.3, 0.4) is 0 Å². The molecule has 2 aromatic rings. The van der Waals surface area contributed by atoms with Gasteiger partial charge in [-0.1, -0.05) is 23.7 Å². The Morgan fingerprint density at radius 1 is 1.47 bits per heavy atom. The molecule has 0 fully saturated rings.